The number of phenolic OH excluding ortho intramolecular Hbond substituents is 1. The van der Waals surface area contributed by atoms with Crippen LogP contribution in [-0.4, -0.2) is 15.1 Å². The van der Waals surface area contributed by atoms with Gasteiger partial charge in [-0.2, -0.15) is 0 Å². The quantitative estimate of drug-likeness (QED) is 0.176. The van der Waals surface area contributed by atoms with E-state index in [9.17, 15) is 5.11 Å². The number of aromatic hydroxyl groups is 1. The van der Waals surface area contributed by atoms with Crippen molar-refractivity contribution in [2.45, 2.75) is 0 Å². The monoisotopic (exact) mass is 608 g/mol. The molecule has 0 saturated carbocycles. The van der Waals surface area contributed by atoms with Crippen molar-refractivity contribution in [3.05, 3.63) is 103 Å². The molecule has 0 atom stereocenters. The van der Waals surface area contributed by atoms with E-state index in [1.165, 1.54) is 0 Å². The van der Waals surface area contributed by atoms with Crippen LogP contribution in [0.25, 0.3) is 43.7 Å². The average molecular weight is 609 g/mol. The second kappa shape index (κ2) is 8.65. The Kier molecular flexibility index (Phi) is 5.53. The Hall–Kier alpha value is -3.75. The molecular formula is C28H17N2O2Pt-. The Morgan fingerprint density at radius 2 is 1.36 bits per heavy atom. The number of ether oxygens (including phenoxy) is 1. The van der Waals surface area contributed by atoms with E-state index in [0.29, 0.717) is 22.7 Å². The van der Waals surface area contributed by atoms with Crippen molar-refractivity contribution >= 4 is 32.4 Å². The van der Waals surface area contributed by atoms with Crippen LogP contribution in [-0.2, 0) is 21.1 Å². The molecule has 2 aromatic heterocycles. The molecule has 0 amide bonds. The first-order valence-corrected chi connectivity index (χ1v) is 10.3. The Balaban J connectivity index is 0.00000228. The van der Waals surface area contributed by atoms with E-state index >= 15 is 0 Å². The molecule has 0 spiro atoms. The number of pyridine rings is 2. The van der Waals surface area contributed by atoms with Crippen LogP contribution in [0, 0.1) is 6.07 Å². The van der Waals surface area contributed by atoms with Crippen molar-refractivity contribution in [1.29, 1.82) is 0 Å². The third kappa shape index (κ3) is 3.73. The minimum atomic E-state index is 0. The van der Waals surface area contributed by atoms with Gasteiger partial charge in [0.15, 0.2) is 0 Å². The first-order valence-electron chi connectivity index (χ1n) is 10.3. The summed E-state index contributed by atoms with van der Waals surface area (Å²) < 4.78 is 6.03. The van der Waals surface area contributed by atoms with Crippen molar-refractivity contribution in [3.63, 3.8) is 0 Å². The number of phenols is 1. The van der Waals surface area contributed by atoms with E-state index in [0.717, 1.165) is 32.8 Å². The molecule has 2 heterocycles. The Bertz CT molecular complexity index is 1620. The molecule has 162 valence electrons. The molecule has 0 aliphatic heterocycles. The molecule has 1 N–H and O–H groups in total. The van der Waals surface area contributed by atoms with Crippen LogP contribution in [0.1, 0.15) is 0 Å². The number of fused-ring (bicyclic) bond motifs is 6. The third-order valence-electron chi connectivity index (χ3n) is 5.57. The van der Waals surface area contributed by atoms with Crippen molar-refractivity contribution < 1.29 is 30.9 Å². The SMILES string of the molecule is Oc1cccc2c3ccccc3c3ccc(Oc4cccc(-c5[c-]cccc5)n4)nc3c12.[Pt]. The molecule has 6 rings (SSSR count). The standard InChI is InChI=1S/C28H17N2O2.Pt/c31-24-14-6-12-21-19-10-4-5-11-20(19)22-16-17-26(30-28(22)27(21)24)32-25-15-7-13-23(29-25)18-8-2-1-3-9-18;/h1-8,10-17,31H;/q-1;. The van der Waals surface area contributed by atoms with Crippen LogP contribution in [0.3, 0.4) is 0 Å². The van der Waals surface area contributed by atoms with Gasteiger partial charge in [-0.3, -0.25) is 4.98 Å². The Labute approximate surface area is 204 Å². The van der Waals surface area contributed by atoms with Crippen molar-refractivity contribution in [2.75, 3.05) is 0 Å². The number of aromatic nitrogens is 2. The zero-order valence-electron chi connectivity index (χ0n) is 17.3. The molecule has 6 aromatic rings. The fraction of sp³-hybridized carbons (Fsp3) is 0. The minimum absolute atomic E-state index is 0. The molecule has 0 bridgehead atoms. The maximum Gasteiger partial charge on any atom is 0.221 e. The summed E-state index contributed by atoms with van der Waals surface area (Å²) in [6.45, 7) is 0. The van der Waals surface area contributed by atoms with Crippen LogP contribution in [0.15, 0.2) is 97.1 Å². The summed E-state index contributed by atoms with van der Waals surface area (Å²) in [7, 11) is 0. The number of hydrogen-bond donors (Lipinski definition) is 1. The summed E-state index contributed by atoms with van der Waals surface area (Å²) >= 11 is 0. The third-order valence-corrected chi connectivity index (χ3v) is 5.57. The van der Waals surface area contributed by atoms with Crippen molar-refractivity contribution in [2.24, 2.45) is 0 Å². The van der Waals surface area contributed by atoms with Gasteiger partial charge < -0.3 is 9.84 Å². The molecule has 0 saturated heterocycles. The summed E-state index contributed by atoms with van der Waals surface area (Å²) in [4.78, 5) is 9.39. The van der Waals surface area contributed by atoms with Crippen LogP contribution in [0.2, 0.25) is 0 Å². The zero-order valence-corrected chi connectivity index (χ0v) is 19.6. The first-order chi connectivity index (χ1) is 15.8. The van der Waals surface area contributed by atoms with E-state index in [1.54, 1.807) is 12.1 Å². The van der Waals surface area contributed by atoms with Gasteiger partial charge in [-0.1, -0.05) is 48.5 Å². The van der Waals surface area contributed by atoms with Crippen molar-refractivity contribution in [3.8, 4) is 28.8 Å². The van der Waals surface area contributed by atoms with E-state index in [2.05, 4.69) is 23.2 Å². The predicted molar refractivity (Wildman–Crippen MR) is 127 cm³/mol. The van der Waals surface area contributed by atoms with Gasteiger partial charge in [0.2, 0.25) is 11.8 Å². The van der Waals surface area contributed by atoms with Crippen LogP contribution >= 0.6 is 0 Å². The van der Waals surface area contributed by atoms with Gasteiger partial charge in [-0.25, -0.2) is 4.98 Å². The fourth-order valence-corrected chi connectivity index (χ4v) is 4.15. The fourth-order valence-electron chi connectivity index (χ4n) is 4.15. The van der Waals surface area contributed by atoms with Gasteiger partial charge in [0.1, 0.15) is 5.75 Å². The molecule has 0 fully saturated rings. The zero-order chi connectivity index (χ0) is 21.5. The summed E-state index contributed by atoms with van der Waals surface area (Å²) in [5.41, 5.74) is 2.37. The summed E-state index contributed by atoms with van der Waals surface area (Å²) in [5.74, 6) is 1.06. The van der Waals surface area contributed by atoms with Crippen LogP contribution < -0.4 is 4.74 Å². The number of rotatable bonds is 3. The minimum Gasteiger partial charge on any atom is -0.507 e. The molecule has 0 aliphatic rings. The second-order valence-electron chi connectivity index (χ2n) is 7.53. The van der Waals surface area contributed by atoms with Crippen LogP contribution in [0.4, 0.5) is 0 Å². The Morgan fingerprint density at radius 3 is 2.18 bits per heavy atom. The van der Waals surface area contributed by atoms with Gasteiger partial charge in [-0.15, -0.1) is 35.9 Å². The molecular weight excluding hydrogens is 591 g/mol. The average Bonchev–Trinajstić information content (AvgIpc) is 2.85. The summed E-state index contributed by atoms with van der Waals surface area (Å²) in [6.07, 6.45) is 0. The molecule has 5 heteroatoms. The van der Waals surface area contributed by atoms with E-state index in [1.807, 2.05) is 72.8 Å². The van der Waals surface area contributed by atoms with Gasteiger partial charge in [0.25, 0.3) is 0 Å². The van der Waals surface area contributed by atoms with Gasteiger partial charge in [-0.05, 0) is 40.1 Å². The molecule has 4 nitrogen and oxygen atoms in total. The second-order valence-corrected chi connectivity index (χ2v) is 7.53. The molecule has 0 aliphatic carbocycles. The van der Waals surface area contributed by atoms with Crippen molar-refractivity contribution in [1.82, 2.24) is 9.97 Å². The van der Waals surface area contributed by atoms with Gasteiger partial charge >= 0.3 is 0 Å². The maximum atomic E-state index is 10.7. The molecule has 0 radical (unpaired) electrons. The summed E-state index contributed by atoms with van der Waals surface area (Å²) in [6, 6.07) is 34.0. The first kappa shape index (κ1) is 21.1. The molecule has 33 heavy (non-hydrogen) atoms. The van der Waals surface area contributed by atoms with Gasteiger partial charge in [0, 0.05) is 32.5 Å². The number of nitrogens with zero attached hydrogens (tertiary/aromatic N) is 2. The predicted octanol–water partition coefficient (Wildman–Crippen LogP) is 6.90. The number of benzene rings is 4. The largest absolute Gasteiger partial charge is 0.507 e. The maximum absolute atomic E-state index is 10.7. The Morgan fingerprint density at radius 1 is 0.636 bits per heavy atom. The van der Waals surface area contributed by atoms with Gasteiger partial charge in [0.05, 0.1) is 10.9 Å². The molecule has 0 unspecified atom stereocenters. The van der Waals surface area contributed by atoms with E-state index in [4.69, 9.17) is 9.72 Å². The smallest absolute Gasteiger partial charge is 0.221 e. The normalized spacial score (nSPS) is 10.9. The van der Waals surface area contributed by atoms with E-state index in [-0.39, 0.29) is 26.8 Å². The summed E-state index contributed by atoms with van der Waals surface area (Å²) in [5, 5.41) is 15.5. The van der Waals surface area contributed by atoms with E-state index < -0.39 is 0 Å². The molecule has 4 aromatic carbocycles. The topological polar surface area (TPSA) is 55.2 Å². The van der Waals surface area contributed by atoms with Crippen LogP contribution in [0.5, 0.6) is 17.5 Å². The number of hydrogen-bond acceptors (Lipinski definition) is 4.